The molecule has 0 radical (unpaired) electrons. The minimum absolute atomic E-state index is 0.723. The van der Waals surface area contributed by atoms with Gasteiger partial charge in [-0.3, -0.25) is 4.98 Å². The number of aromatic nitrogens is 1. The average Bonchev–Trinajstić information content (AvgIpc) is 2.23. The fourth-order valence-corrected chi connectivity index (χ4v) is 2.16. The molecule has 2 rings (SSSR count). The summed E-state index contributed by atoms with van der Waals surface area (Å²) in [6.07, 6.45) is 0. The van der Waals surface area contributed by atoms with E-state index in [4.69, 9.17) is 11.6 Å². The van der Waals surface area contributed by atoms with E-state index in [9.17, 15) is 0 Å². The van der Waals surface area contributed by atoms with E-state index in [1.54, 1.807) is 0 Å². The van der Waals surface area contributed by atoms with Gasteiger partial charge in [-0.05, 0) is 37.1 Å². The number of aryl methyl sites for hydroxylation is 2. The van der Waals surface area contributed by atoms with Gasteiger partial charge in [-0.15, -0.1) is 0 Å². The summed E-state index contributed by atoms with van der Waals surface area (Å²) in [6.45, 7) is 3.99. The summed E-state index contributed by atoms with van der Waals surface area (Å²) >= 11 is 10.4. The second-order valence-corrected chi connectivity index (χ2v) is 4.37. The molecule has 0 N–H and O–H groups in total. The first-order valence-electron chi connectivity index (χ1n) is 4.79. The number of benzene rings is 1. The van der Waals surface area contributed by atoms with Crippen LogP contribution < -0.4 is 0 Å². The van der Waals surface area contributed by atoms with Crippen molar-refractivity contribution in [2.24, 2.45) is 0 Å². The molecule has 0 saturated carbocycles. The number of halogens is 1. The Balaban J connectivity index is 2.89. The van der Waals surface area contributed by atoms with Gasteiger partial charge in [0.15, 0.2) is 0 Å². The third-order valence-electron chi connectivity index (χ3n) is 2.55. The lowest BCUT2D eigenvalue weighted by molar-refractivity contribution is 1.22. The Kier molecular flexibility index (Phi) is 2.89. The third-order valence-corrected chi connectivity index (χ3v) is 3.30. The molecule has 1 heterocycles. The molecule has 78 valence electrons. The van der Waals surface area contributed by atoms with Crippen LogP contribution in [0.5, 0.6) is 0 Å². The van der Waals surface area contributed by atoms with E-state index in [0.717, 1.165) is 32.9 Å². The Bertz CT molecular complexity index is 523. The van der Waals surface area contributed by atoms with Gasteiger partial charge in [0.1, 0.15) is 0 Å². The van der Waals surface area contributed by atoms with E-state index in [0.29, 0.717) is 0 Å². The summed E-state index contributed by atoms with van der Waals surface area (Å²) in [5, 5.41) is 1.92. The number of hydrogen-bond acceptors (Lipinski definition) is 2. The summed E-state index contributed by atoms with van der Waals surface area (Å²) < 4.78 is 0. The van der Waals surface area contributed by atoms with E-state index in [1.165, 1.54) is 5.56 Å². The van der Waals surface area contributed by atoms with Crippen LogP contribution in [0.4, 0.5) is 0 Å². The normalized spacial score (nSPS) is 10.9. The fourth-order valence-electron chi connectivity index (χ4n) is 1.75. The minimum atomic E-state index is 0.723. The fraction of sp³-hybridized carbons (Fsp3) is 0.250. The van der Waals surface area contributed by atoms with E-state index >= 15 is 0 Å². The van der Waals surface area contributed by atoms with Gasteiger partial charge in [-0.2, -0.15) is 12.6 Å². The summed E-state index contributed by atoms with van der Waals surface area (Å²) in [5.41, 5.74) is 4.25. The number of thiol groups is 1. The van der Waals surface area contributed by atoms with Crippen LogP contribution in [0.15, 0.2) is 18.2 Å². The number of rotatable bonds is 1. The molecule has 1 aromatic heterocycles. The number of fused-ring (bicyclic) bond motifs is 1. The lowest BCUT2D eigenvalue weighted by Gasteiger charge is -2.08. The highest BCUT2D eigenvalue weighted by molar-refractivity contribution is 7.79. The predicted molar refractivity (Wildman–Crippen MR) is 68.9 cm³/mol. The first-order chi connectivity index (χ1) is 7.13. The van der Waals surface area contributed by atoms with Crippen molar-refractivity contribution in [2.75, 3.05) is 0 Å². The molecule has 1 aromatic carbocycles. The van der Waals surface area contributed by atoms with Gasteiger partial charge in [-0.1, -0.05) is 17.7 Å². The zero-order chi connectivity index (χ0) is 11.0. The smallest absolute Gasteiger partial charge is 0.0752 e. The van der Waals surface area contributed by atoms with Crippen LogP contribution >= 0.6 is 24.2 Å². The van der Waals surface area contributed by atoms with Crippen LogP contribution in [0, 0.1) is 13.8 Å². The summed E-state index contributed by atoms with van der Waals surface area (Å²) in [6, 6.07) is 6.01. The standard InChI is InChI=1S/C12H12ClNS/c1-7-5-9(6-15)10-3-4-11(13)8(2)12(10)14-7/h3-5,15H,6H2,1-2H3. The minimum Gasteiger partial charge on any atom is -0.253 e. The number of pyridine rings is 1. The Morgan fingerprint density at radius 1 is 1.33 bits per heavy atom. The van der Waals surface area contributed by atoms with Crippen molar-refractivity contribution in [3.8, 4) is 0 Å². The van der Waals surface area contributed by atoms with Gasteiger partial charge in [0.2, 0.25) is 0 Å². The van der Waals surface area contributed by atoms with Crippen molar-refractivity contribution < 1.29 is 0 Å². The molecule has 15 heavy (non-hydrogen) atoms. The molecule has 2 aromatic rings. The molecule has 3 heteroatoms. The van der Waals surface area contributed by atoms with Crippen LogP contribution in [-0.2, 0) is 5.75 Å². The van der Waals surface area contributed by atoms with E-state index in [1.807, 2.05) is 26.0 Å². The lowest BCUT2D eigenvalue weighted by atomic mass is 10.1. The van der Waals surface area contributed by atoms with Crippen LogP contribution in [0.25, 0.3) is 10.9 Å². The molecule has 0 saturated heterocycles. The number of nitrogens with zero attached hydrogens (tertiary/aromatic N) is 1. The van der Waals surface area contributed by atoms with E-state index < -0.39 is 0 Å². The summed E-state index contributed by atoms with van der Waals surface area (Å²) in [5.74, 6) is 0.723. The first kappa shape index (κ1) is 10.8. The van der Waals surface area contributed by atoms with Gasteiger partial charge in [0.25, 0.3) is 0 Å². The van der Waals surface area contributed by atoms with E-state index in [2.05, 4.69) is 23.7 Å². The Labute approximate surface area is 99.9 Å². The monoisotopic (exact) mass is 237 g/mol. The second-order valence-electron chi connectivity index (χ2n) is 3.65. The quantitative estimate of drug-likeness (QED) is 0.742. The summed E-state index contributed by atoms with van der Waals surface area (Å²) in [4.78, 5) is 4.53. The highest BCUT2D eigenvalue weighted by Crippen LogP contribution is 2.27. The van der Waals surface area contributed by atoms with Crippen molar-refractivity contribution in [1.29, 1.82) is 0 Å². The third kappa shape index (κ3) is 1.84. The maximum atomic E-state index is 6.08. The van der Waals surface area contributed by atoms with Gasteiger partial charge in [0, 0.05) is 21.9 Å². The molecule has 1 nitrogen and oxygen atoms in total. The Morgan fingerprint density at radius 3 is 2.73 bits per heavy atom. The summed E-state index contributed by atoms with van der Waals surface area (Å²) in [7, 11) is 0. The first-order valence-corrected chi connectivity index (χ1v) is 5.80. The molecular weight excluding hydrogens is 226 g/mol. The second kappa shape index (κ2) is 4.03. The van der Waals surface area contributed by atoms with E-state index in [-0.39, 0.29) is 0 Å². The lowest BCUT2D eigenvalue weighted by Crippen LogP contribution is -1.92. The van der Waals surface area contributed by atoms with Crippen molar-refractivity contribution >= 4 is 35.1 Å². The zero-order valence-corrected chi connectivity index (χ0v) is 10.4. The number of hydrogen-bond donors (Lipinski definition) is 1. The van der Waals surface area contributed by atoms with Gasteiger partial charge < -0.3 is 0 Å². The molecule has 0 aliphatic heterocycles. The highest BCUT2D eigenvalue weighted by atomic mass is 35.5. The van der Waals surface area contributed by atoms with Crippen molar-refractivity contribution in [2.45, 2.75) is 19.6 Å². The van der Waals surface area contributed by atoms with Crippen molar-refractivity contribution in [3.63, 3.8) is 0 Å². The van der Waals surface area contributed by atoms with Gasteiger partial charge in [0.05, 0.1) is 5.52 Å². The van der Waals surface area contributed by atoms with Crippen LogP contribution in [0.3, 0.4) is 0 Å². The van der Waals surface area contributed by atoms with Crippen LogP contribution in [0.2, 0.25) is 5.02 Å². The maximum Gasteiger partial charge on any atom is 0.0752 e. The largest absolute Gasteiger partial charge is 0.253 e. The predicted octanol–water partition coefficient (Wildman–Crippen LogP) is 3.93. The topological polar surface area (TPSA) is 12.9 Å². The molecule has 0 aliphatic carbocycles. The molecule has 0 atom stereocenters. The van der Waals surface area contributed by atoms with Crippen LogP contribution in [0.1, 0.15) is 16.8 Å². The van der Waals surface area contributed by atoms with Crippen molar-refractivity contribution in [1.82, 2.24) is 4.98 Å². The molecule has 0 bridgehead atoms. The Hall–Kier alpha value is -0.730. The molecule has 0 amide bonds. The molecule has 0 spiro atoms. The average molecular weight is 238 g/mol. The zero-order valence-electron chi connectivity index (χ0n) is 8.71. The van der Waals surface area contributed by atoms with Crippen molar-refractivity contribution in [3.05, 3.63) is 40.0 Å². The van der Waals surface area contributed by atoms with Gasteiger partial charge >= 0.3 is 0 Å². The SMILES string of the molecule is Cc1cc(CS)c2ccc(Cl)c(C)c2n1. The highest BCUT2D eigenvalue weighted by Gasteiger charge is 2.07. The molecule has 0 aliphatic rings. The molecule has 0 unspecified atom stereocenters. The van der Waals surface area contributed by atoms with Gasteiger partial charge in [-0.25, -0.2) is 0 Å². The Morgan fingerprint density at radius 2 is 2.07 bits per heavy atom. The molecule has 0 fully saturated rings. The van der Waals surface area contributed by atoms with Crippen LogP contribution in [-0.4, -0.2) is 4.98 Å². The maximum absolute atomic E-state index is 6.08. The molecular formula is C12H12ClNS.